The first-order valence-electron chi connectivity index (χ1n) is 4.35. The Morgan fingerprint density at radius 3 is 2.50 bits per heavy atom. The predicted molar refractivity (Wildman–Crippen MR) is 51.2 cm³/mol. The molecule has 0 aliphatic heterocycles. The monoisotopic (exact) mass is 159 g/mol. The fourth-order valence-electron chi connectivity index (χ4n) is 0.720. The van der Waals surface area contributed by atoms with Crippen LogP contribution in [0, 0.1) is 5.75 Å². The summed E-state index contributed by atoms with van der Waals surface area (Å²) in [7, 11) is 0. The van der Waals surface area contributed by atoms with Crippen molar-refractivity contribution in [3.63, 3.8) is 0 Å². The van der Waals surface area contributed by atoms with Crippen molar-refractivity contribution in [3.8, 4) is 0 Å². The second kappa shape index (κ2) is 9.35. The Morgan fingerprint density at radius 2 is 1.90 bits per heavy atom. The van der Waals surface area contributed by atoms with E-state index in [1.165, 1.54) is 37.9 Å². The summed E-state index contributed by atoms with van der Waals surface area (Å²) >= 11 is 1.99. The number of rotatable bonds is 7. The molecule has 0 aliphatic rings. The molecule has 1 heteroatoms. The molecular weight excluding hydrogens is 140 g/mol. The summed E-state index contributed by atoms with van der Waals surface area (Å²) in [4.78, 5) is 0. The van der Waals surface area contributed by atoms with Crippen LogP contribution < -0.4 is 0 Å². The highest BCUT2D eigenvalue weighted by molar-refractivity contribution is 8.01. The zero-order chi connectivity index (χ0) is 7.66. The van der Waals surface area contributed by atoms with Crippen LogP contribution in [0.15, 0.2) is 0 Å². The summed E-state index contributed by atoms with van der Waals surface area (Å²) in [6.45, 7) is 4.48. The highest BCUT2D eigenvalue weighted by Crippen LogP contribution is 2.12. The Balaban J connectivity index is 2.65. The van der Waals surface area contributed by atoms with Crippen molar-refractivity contribution < 1.29 is 0 Å². The van der Waals surface area contributed by atoms with Crippen molar-refractivity contribution in [2.45, 2.75) is 46.0 Å². The van der Waals surface area contributed by atoms with Crippen LogP contribution in [0.3, 0.4) is 0 Å². The van der Waals surface area contributed by atoms with Crippen molar-refractivity contribution in [3.05, 3.63) is 5.75 Å². The Labute approximate surface area is 69.8 Å². The average molecular weight is 159 g/mol. The Hall–Kier alpha value is 0.350. The van der Waals surface area contributed by atoms with Crippen molar-refractivity contribution in [1.82, 2.24) is 0 Å². The molecule has 0 aromatic rings. The Kier molecular flexibility index (Phi) is 9.68. The zero-order valence-electron chi connectivity index (χ0n) is 7.23. The van der Waals surface area contributed by atoms with Gasteiger partial charge in [-0.2, -0.15) is 11.8 Å². The summed E-state index contributed by atoms with van der Waals surface area (Å²) in [5, 5.41) is 0. The number of thioether (sulfide) groups is 1. The minimum Gasteiger partial charge on any atom is -0.157 e. The van der Waals surface area contributed by atoms with Gasteiger partial charge < -0.3 is 0 Å². The molecule has 61 valence electrons. The van der Waals surface area contributed by atoms with Crippen LogP contribution in [0.4, 0.5) is 0 Å². The third-order valence-electron chi connectivity index (χ3n) is 1.39. The van der Waals surface area contributed by atoms with Crippen LogP contribution in [0.5, 0.6) is 0 Å². The van der Waals surface area contributed by atoms with Crippen LogP contribution in [0.2, 0.25) is 0 Å². The molecule has 0 N–H and O–H groups in total. The smallest absolute Gasteiger partial charge is 0.0166 e. The fourth-order valence-corrected chi connectivity index (χ4v) is 1.66. The first-order chi connectivity index (χ1) is 4.91. The summed E-state index contributed by atoms with van der Waals surface area (Å²) in [5.41, 5.74) is 0. The molecule has 0 nitrogen and oxygen atoms in total. The van der Waals surface area contributed by atoms with E-state index in [1.807, 2.05) is 11.8 Å². The summed E-state index contributed by atoms with van der Waals surface area (Å²) in [6.07, 6.45) is 6.69. The van der Waals surface area contributed by atoms with E-state index in [-0.39, 0.29) is 0 Å². The molecule has 0 atom stereocenters. The third kappa shape index (κ3) is 8.35. The molecule has 1 radical (unpaired) electrons. The van der Waals surface area contributed by atoms with E-state index in [9.17, 15) is 0 Å². The van der Waals surface area contributed by atoms with E-state index in [4.69, 9.17) is 0 Å². The molecular formula is C9H19S. The van der Waals surface area contributed by atoms with E-state index in [0.29, 0.717) is 0 Å². The maximum atomic E-state index is 2.34. The molecule has 0 unspecified atom stereocenters. The molecule has 0 saturated heterocycles. The van der Waals surface area contributed by atoms with Gasteiger partial charge in [0, 0.05) is 5.75 Å². The van der Waals surface area contributed by atoms with E-state index < -0.39 is 0 Å². The van der Waals surface area contributed by atoms with Crippen LogP contribution in [-0.2, 0) is 0 Å². The minimum atomic E-state index is 1.27. The van der Waals surface area contributed by atoms with Crippen molar-refractivity contribution in [2.75, 3.05) is 5.75 Å². The van der Waals surface area contributed by atoms with Crippen LogP contribution in [0.1, 0.15) is 46.0 Å². The summed E-state index contributed by atoms with van der Waals surface area (Å²) in [6, 6.07) is 0. The van der Waals surface area contributed by atoms with Gasteiger partial charge in [0.2, 0.25) is 0 Å². The van der Waals surface area contributed by atoms with Crippen LogP contribution in [0.25, 0.3) is 0 Å². The Bertz CT molecular complexity index is 44.7. The van der Waals surface area contributed by atoms with Crippen LogP contribution in [-0.4, -0.2) is 5.75 Å². The molecule has 0 saturated carbocycles. The van der Waals surface area contributed by atoms with Gasteiger partial charge in [-0.3, -0.25) is 0 Å². The van der Waals surface area contributed by atoms with Gasteiger partial charge in [0.05, 0.1) is 0 Å². The lowest BCUT2D eigenvalue weighted by molar-refractivity contribution is 0.778. The SMILES string of the molecule is CCC[CH]SCCCCC. The maximum Gasteiger partial charge on any atom is 0.0166 e. The van der Waals surface area contributed by atoms with Gasteiger partial charge in [-0.15, -0.1) is 0 Å². The average Bonchev–Trinajstić information content (AvgIpc) is 1.97. The zero-order valence-corrected chi connectivity index (χ0v) is 8.04. The lowest BCUT2D eigenvalue weighted by atomic mass is 10.3. The van der Waals surface area contributed by atoms with Crippen LogP contribution >= 0.6 is 11.8 Å². The molecule has 0 fully saturated rings. The van der Waals surface area contributed by atoms with Gasteiger partial charge in [-0.05, 0) is 18.6 Å². The molecule has 0 heterocycles. The van der Waals surface area contributed by atoms with E-state index in [2.05, 4.69) is 19.6 Å². The van der Waals surface area contributed by atoms with Gasteiger partial charge in [0.25, 0.3) is 0 Å². The molecule has 0 aromatic carbocycles. The van der Waals surface area contributed by atoms with Crippen molar-refractivity contribution >= 4 is 11.8 Å². The molecule has 0 aromatic heterocycles. The fraction of sp³-hybridized carbons (Fsp3) is 0.889. The quantitative estimate of drug-likeness (QED) is 0.508. The predicted octanol–water partition coefficient (Wildman–Crippen LogP) is 3.87. The molecule has 0 rings (SSSR count). The highest BCUT2D eigenvalue weighted by atomic mass is 32.2. The van der Waals surface area contributed by atoms with Gasteiger partial charge >= 0.3 is 0 Å². The van der Waals surface area contributed by atoms with E-state index >= 15 is 0 Å². The Morgan fingerprint density at radius 1 is 1.10 bits per heavy atom. The van der Waals surface area contributed by atoms with E-state index in [0.717, 1.165) is 0 Å². The minimum absolute atomic E-state index is 1.27. The largest absolute Gasteiger partial charge is 0.157 e. The molecule has 0 spiro atoms. The van der Waals surface area contributed by atoms with Gasteiger partial charge in [0.1, 0.15) is 0 Å². The highest BCUT2D eigenvalue weighted by Gasteiger charge is 1.88. The molecule has 0 aliphatic carbocycles. The number of hydrogen-bond acceptors (Lipinski definition) is 1. The third-order valence-corrected chi connectivity index (χ3v) is 2.39. The molecule has 0 amide bonds. The number of hydrogen-bond donors (Lipinski definition) is 0. The van der Waals surface area contributed by atoms with Gasteiger partial charge in [-0.1, -0.05) is 33.1 Å². The van der Waals surface area contributed by atoms with Gasteiger partial charge in [-0.25, -0.2) is 0 Å². The van der Waals surface area contributed by atoms with Crippen molar-refractivity contribution in [2.24, 2.45) is 0 Å². The summed E-state index contributed by atoms with van der Waals surface area (Å²) in [5.74, 6) is 3.67. The van der Waals surface area contributed by atoms with E-state index in [1.54, 1.807) is 0 Å². The maximum absolute atomic E-state index is 2.34. The lowest BCUT2D eigenvalue weighted by Gasteiger charge is -1.97. The topological polar surface area (TPSA) is 0 Å². The summed E-state index contributed by atoms with van der Waals surface area (Å²) < 4.78 is 0. The lowest BCUT2D eigenvalue weighted by Crippen LogP contribution is -1.78. The number of unbranched alkanes of at least 4 members (excludes halogenated alkanes) is 3. The normalized spacial score (nSPS) is 10.2. The first kappa shape index (κ1) is 10.3. The molecule has 0 bridgehead atoms. The second-order valence-corrected chi connectivity index (χ2v) is 3.61. The first-order valence-corrected chi connectivity index (χ1v) is 5.40. The van der Waals surface area contributed by atoms with Gasteiger partial charge in [0.15, 0.2) is 0 Å². The van der Waals surface area contributed by atoms with Crippen molar-refractivity contribution in [1.29, 1.82) is 0 Å². The molecule has 10 heavy (non-hydrogen) atoms. The second-order valence-electron chi connectivity index (χ2n) is 2.53. The standard InChI is InChI=1S/C9H19S/c1-3-5-7-9-10-8-6-4-2/h8H,3-7,9H2,1-2H3.